The van der Waals surface area contributed by atoms with E-state index >= 15 is 0 Å². The summed E-state index contributed by atoms with van der Waals surface area (Å²) in [4.78, 5) is 15.8. The molecule has 1 heterocycles. The summed E-state index contributed by atoms with van der Waals surface area (Å²) in [6.07, 6.45) is 0.863. The highest BCUT2D eigenvalue weighted by Crippen LogP contribution is 2.20. The molecule has 6 heteroatoms. The lowest BCUT2D eigenvalue weighted by molar-refractivity contribution is -0.120. The van der Waals surface area contributed by atoms with Crippen molar-refractivity contribution in [3.05, 3.63) is 16.1 Å². The second-order valence-corrected chi connectivity index (χ2v) is 4.28. The molecule has 0 saturated heterocycles. The van der Waals surface area contributed by atoms with Crippen LogP contribution in [0.3, 0.4) is 0 Å². The van der Waals surface area contributed by atoms with Crippen LogP contribution in [0.2, 0.25) is 0 Å². The lowest BCUT2D eigenvalue weighted by Crippen LogP contribution is -2.34. The van der Waals surface area contributed by atoms with Crippen molar-refractivity contribution >= 4 is 29.7 Å². The number of thiazole rings is 1. The zero-order valence-electron chi connectivity index (χ0n) is 9.74. The number of nitrogens with one attached hydrogen (secondary N) is 2. The quantitative estimate of drug-likeness (QED) is 0.850. The predicted octanol–water partition coefficient (Wildman–Crippen LogP) is 1.66. The third-order valence-electron chi connectivity index (χ3n) is 2.02. The first-order chi connectivity index (χ1) is 7.17. The molecule has 1 amide bonds. The molecule has 0 radical (unpaired) electrons. The highest BCUT2D eigenvalue weighted by molar-refractivity contribution is 7.09. The van der Waals surface area contributed by atoms with Crippen LogP contribution in [0.15, 0.2) is 5.38 Å². The minimum absolute atomic E-state index is 0. The van der Waals surface area contributed by atoms with Gasteiger partial charge in [0.25, 0.3) is 0 Å². The highest BCUT2D eigenvalue weighted by atomic mass is 35.5. The van der Waals surface area contributed by atoms with Crippen molar-refractivity contribution in [2.24, 2.45) is 0 Å². The summed E-state index contributed by atoms with van der Waals surface area (Å²) in [6, 6.07) is 0.0459. The molecule has 1 aromatic rings. The average molecular weight is 264 g/mol. The topological polar surface area (TPSA) is 54.0 Å². The van der Waals surface area contributed by atoms with Crippen molar-refractivity contribution in [3.8, 4) is 0 Å². The van der Waals surface area contributed by atoms with Gasteiger partial charge in [0.15, 0.2) is 0 Å². The number of nitrogens with zero attached hydrogens (tertiary/aromatic N) is 1. The van der Waals surface area contributed by atoms with Gasteiger partial charge in [0.1, 0.15) is 5.01 Å². The van der Waals surface area contributed by atoms with Crippen LogP contribution >= 0.6 is 23.7 Å². The standard InChI is InChI=1S/C10H17N3OS.ClH/c1-4-8(13-9(14)5-11-3)10-12-7(2)6-15-10;/h6,8,11H,4-5H2,1-3H3,(H,13,14);1H. The van der Waals surface area contributed by atoms with Crippen LogP contribution in [-0.2, 0) is 4.79 Å². The molecule has 0 aliphatic heterocycles. The van der Waals surface area contributed by atoms with E-state index in [1.54, 1.807) is 18.4 Å². The fourth-order valence-electron chi connectivity index (χ4n) is 1.28. The first-order valence-electron chi connectivity index (χ1n) is 5.03. The third kappa shape index (κ3) is 4.47. The van der Waals surface area contributed by atoms with Crippen molar-refractivity contribution < 1.29 is 4.79 Å². The molecule has 1 aromatic heterocycles. The van der Waals surface area contributed by atoms with E-state index in [4.69, 9.17) is 0 Å². The van der Waals surface area contributed by atoms with Crippen molar-refractivity contribution in [3.63, 3.8) is 0 Å². The van der Waals surface area contributed by atoms with Crippen LogP contribution in [0.25, 0.3) is 0 Å². The van der Waals surface area contributed by atoms with Crippen LogP contribution in [0.4, 0.5) is 0 Å². The molecule has 2 N–H and O–H groups in total. The van der Waals surface area contributed by atoms with Crippen LogP contribution in [-0.4, -0.2) is 24.5 Å². The van der Waals surface area contributed by atoms with E-state index in [2.05, 4.69) is 15.6 Å². The van der Waals surface area contributed by atoms with Crippen molar-refractivity contribution in [1.29, 1.82) is 0 Å². The molecule has 4 nitrogen and oxygen atoms in total. The molecule has 0 spiro atoms. The summed E-state index contributed by atoms with van der Waals surface area (Å²) < 4.78 is 0. The molecular weight excluding hydrogens is 246 g/mol. The fourth-order valence-corrected chi connectivity index (χ4v) is 2.21. The number of hydrogen-bond donors (Lipinski definition) is 2. The number of carbonyl (C=O) groups excluding carboxylic acids is 1. The van der Waals surface area contributed by atoms with Gasteiger partial charge in [-0.15, -0.1) is 23.7 Å². The second kappa shape index (κ2) is 7.60. The number of amides is 1. The summed E-state index contributed by atoms with van der Waals surface area (Å²) in [5, 5.41) is 8.76. The van der Waals surface area contributed by atoms with E-state index in [0.717, 1.165) is 17.1 Å². The summed E-state index contributed by atoms with van der Waals surface area (Å²) >= 11 is 1.60. The Bertz CT molecular complexity index is 330. The molecular formula is C10H18ClN3OS. The largest absolute Gasteiger partial charge is 0.346 e. The SMILES string of the molecule is CCC(NC(=O)CNC)c1nc(C)cs1.Cl. The smallest absolute Gasteiger partial charge is 0.234 e. The van der Waals surface area contributed by atoms with E-state index in [-0.39, 0.29) is 24.4 Å². The van der Waals surface area contributed by atoms with Gasteiger partial charge in [-0.05, 0) is 20.4 Å². The second-order valence-electron chi connectivity index (χ2n) is 3.39. The van der Waals surface area contributed by atoms with E-state index in [1.165, 1.54) is 0 Å². The maximum absolute atomic E-state index is 11.4. The molecule has 0 fully saturated rings. The van der Waals surface area contributed by atoms with Gasteiger partial charge in [0.2, 0.25) is 5.91 Å². The minimum atomic E-state index is 0. The van der Waals surface area contributed by atoms with Crippen LogP contribution < -0.4 is 10.6 Å². The lowest BCUT2D eigenvalue weighted by Gasteiger charge is -2.14. The van der Waals surface area contributed by atoms with Crippen LogP contribution in [0.5, 0.6) is 0 Å². The molecule has 0 aromatic carbocycles. The summed E-state index contributed by atoms with van der Waals surface area (Å²) in [7, 11) is 1.76. The summed E-state index contributed by atoms with van der Waals surface area (Å²) in [5.74, 6) is 0.0113. The first kappa shape index (κ1) is 15.3. The zero-order valence-corrected chi connectivity index (χ0v) is 11.4. The van der Waals surface area contributed by atoms with Gasteiger partial charge in [0.05, 0.1) is 12.6 Å². The third-order valence-corrected chi connectivity index (χ3v) is 3.09. The van der Waals surface area contributed by atoms with E-state index in [9.17, 15) is 4.79 Å². The van der Waals surface area contributed by atoms with Gasteiger partial charge >= 0.3 is 0 Å². The van der Waals surface area contributed by atoms with Crippen molar-refractivity contribution in [2.75, 3.05) is 13.6 Å². The molecule has 16 heavy (non-hydrogen) atoms. The Labute approximate surface area is 106 Å². The number of halogens is 1. The molecule has 0 bridgehead atoms. The number of aromatic nitrogens is 1. The van der Waals surface area contributed by atoms with Gasteiger partial charge in [-0.1, -0.05) is 6.92 Å². The zero-order chi connectivity index (χ0) is 11.3. The minimum Gasteiger partial charge on any atom is -0.346 e. The normalized spacial score (nSPS) is 11.7. The van der Waals surface area contributed by atoms with Gasteiger partial charge in [-0.3, -0.25) is 4.79 Å². The van der Waals surface area contributed by atoms with Gasteiger partial charge in [-0.2, -0.15) is 0 Å². The Hall–Kier alpha value is -0.650. The summed E-state index contributed by atoms with van der Waals surface area (Å²) in [6.45, 7) is 4.35. The molecule has 1 unspecified atom stereocenters. The Morgan fingerprint density at radius 2 is 2.31 bits per heavy atom. The number of hydrogen-bond acceptors (Lipinski definition) is 4. The van der Waals surface area contributed by atoms with Crippen molar-refractivity contribution in [1.82, 2.24) is 15.6 Å². The Balaban J connectivity index is 0.00000225. The Morgan fingerprint density at radius 1 is 1.62 bits per heavy atom. The van der Waals surface area contributed by atoms with Crippen LogP contribution in [0.1, 0.15) is 30.1 Å². The number of likely N-dealkylation sites (N-methyl/N-ethyl adjacent to an activating group) is 1. The maximum atomic E-state index is 11.4. The van der Waals surface area contributed by atoms with Gasteiger partial charge in [0, 0.05) is 11.1 Å². The Kier molecular flexibility index (Phi) is 7.29. The van der Waals surface area contributed by atoms with Gasteiger partial charge < -0.3 is 10.6 Å². The highest BCUT2D eigenvalue weighted by Gasteiger charge is 2.14. The molecule has 92 valence electrons. The van der Waals surface area contributed by atoms with Crippen molar-refractivity contribution in [2.45, 2.75) is 26.3 Å². The predicted molar refractivity (Wildman–Crippen MR) is 69.2 cm³/mol. The number of aryl methyl sites for hydroxylation is 1. The molecule has 0 aliphatic carbocycles. The van der Waals surface area contributed by atoms with E-state index in [1.807, 2.05) is 19.2 Å². The molecule has 0 aliphatic rings. The average Bonchev–Trinajstić information content (AvgIpc) is 2.61. The van der Waals surface area contributed by atoms with E-state index < -0.39 is 0 Å². The monoisotopic (exact) mass is 263 g/mol. The van der Waals surface area contributed by atoms with E-state index in [0.29, 0.717) is 6.54 Å². The number of carbonyl (C=O) groups is 1. The molecule has 1 atom stereocenters. The van der Waals surface area contributed by atoms with Gasteiger partial charge in [-0.25, -0.2) is 4.98 Å². The lowest BCUT2D eigenvalue weighted by atomic mass is 10.2. The molecule has 1 rings (SSSR count). The number of rotatable bonds is 5. The Morgan fingerprint density at radius 3 is 2.75 bits per heavy atom. The maximum Gasteiger partial charge on any atom is 0.234 e. The first-order valence-corrected chi connectivity index (χ1v) is 5.91. The molecule has 0 saturated carbocycles. The summed E-state index contributed by atoms with van der Waals surface area (Å²) in [5.41, 5.74) is 1.01. The fraction of sp³-hybridized carbons (Fsp3) is 0.600. The van der Waals surface area contributed by atoms with Crippen LogP contribution in [0, 0.1) is 6.92 Å².